The molecule has 0 aliphatic carbocycles. The first kappa shape index (κ1) is 36.0. The average Bonchev–Trinajstić information content (AvgIpc) is 2.83. The Balaban J connectivity index is 3.62. The molecule has 0 spiro atoms. The van der Waals surface area contributed by atoms with Gasteiger partial charge in [-0.05, 0) is 12.8 Å². The van der Waals surface area contributed by atoms with Crippen LogP contribution < -0.4 is 0 Å². The molecule has 1 atom stereocenters. The Morgan fingerprint density at radius 2 is 0.556 bits per heavy atom. The lowest BCUT2D eigenvalue weighted by atomic mass is 9.93. The van der Waals surface area contributed by atoms with Crippen LogP contribution in [0.25, 0.3) is 0 Å². The Kier molecular flexibility index (Phi) is 27.9. The fraction of sp³-hybridized carbons (Fsp3) is 1.00. The smallest absolute Gasteiger partial charge is 0.0809 e. The Labute approximate surface area is 231 Å². The average molecular weight is 509 g/mol. The second-order valence-electron chi connectivity index (χ2n) is 13.4. The van der Waals surface area contributed by atoms with Gasteiger partial charge in [0.05, 0.1) is 27.7 Å². The minimum Gasteiger partial charge on any atom is -0.331 e. The van der Waals surface area contributed by atoms with E-state index in [0.29, 0.717) is 0 Å². The van der Waals surface area contributed by atoms with Crippen molar-refractivity contribution in [3.63, 3.8) is 0 Å². The molecule has 0 bridgehead atoms. The van der Waals surface area contributed by atoms with Crippen LogP contribution in [0.15, 0.2) is 0 Å². The maximum absolute atomic E-state index is 2.39. The Hall–Kier alpha value is -0.0400. The predicted molar refractivity (Wildman–Crippen MR) is 167 cm³/mol. The number of unbranched alkanes of at least 4 members (excludes halogenated alkanes) is 24. The molecule has 0 aromatic rings. The van der Waals surface area contributed by atoms with Crippen molar-refractivity contribution in [3.8, 4) is 0 Å². The van der Waals surface area contributed by atoms with Gasteiger partial charge < -0.3 is 4.48 Å². The summed E-state index contributed by atoms with van der Waals surface area (Å²) in [5.41, 5.74) is 0. The van der Waals surface area contributed by atoms with Crippen molar-refractivity contribution in [2.24, 2.45) is 5.92 Å². The molecule has 1 nitrogen and oxygen atoms in total. The summed E-state index contributed by atoms with van der Waals surface area (Å²) in [6.07, 6.45) is 41.1. The van der Waals surface area contributed by atoms with Crippen LogP contribution in [0.4, 0.5) is 0 Å². The first-order valence-electron chi connectivity index (χ1n) is 17.3. The van der Waals surface area contributed by atoms with E-state index in [4.69, 9.17) is 0 Å². The first-order valence-corrected chi connectivity index (χ1v) is 17.3. The summed E-state index contributed by atoms with van der Waals surface area (Å²) >= 11 is 0. The van der Waals surface area contributed by atoms with E-state index in [-0.39, 0.29) is 0 Å². The van der Waals surface area contributed by atoms with Crippen LogP contribution in [-0.2, 0) is 0 Å². The molecular weight excluding hydrogens is 434 g/mol. The summed E-state index contributed by atoms with van der Waals surface area (Å²) in [6.45, 7) is 5.99. The molecule has 36 heavy (non-hydrogen) atoms. The predicted octanol–water partition coefficient (Wildman–Crippen LogP) is 12.3. The van der Waals surface area contributed by atoms with Crippen LogP contribution in [0.2, 0.25) is 0 Å². The SMILES string of the molecule is CCCCCCCCCCCCCCCCC(CCCCCCCCCCCCCC)C[N+](C)(C)C. The van der Waals surface area contributed by atoms with Crippen LogP contribution >= 0.6 is 0 Å². The summed E-state index contributed by atoms with van der Waals surface area (Å²) in [4.78, 5) is 0. The molecule has 0 aliphatic heterocycles. The van der Waals surface area contributed by atoms with E-state index >= 15 is 0 Å². The molecule has 0 aromatic carbocycles. The van der Waals surface area contributed by atoms with Gasteiger partial charge in [-0.3, -0.25) is 0 Å². The molecule has 0 aliphatic rings. The molecule has 0 fully saturated rings. The highest BCUT2D eigenvalue weighted by Gasteiger charge is 2.17. The number of hydrogen-bond donors (Lipinski definition) is 0. The molecule has 0 N–H and O–H groups in total. The highest BCUT2D eigenvalue weighted by molar-refractivity contribution is 4.61. The number of nitrogens with zero attached hydrogens (tertiary/aromatic N) is 1. The zero-order valence-corrected chi connectivity index (χ0v) is 26.5. The summed E-state index contributed by atoms with van der Waals surface area (Å²) < 4.78 is 1.14. The second kappa shape index (κ2) is 28.0. The van der Waals surface area contributed by atoms with E-state index in [1.54, 1.807) is 0 Å². The van der Waals surface area contributed by atoms with Crippen LogP contribution in [0.5, 0.6) is 0 Å². The van der Waals surface area contributed by atoms with Gasteiger partial charge in [-0.2, -0.15) is 0 Å². The monoisotopic (exact) mass is 509 g/mol. The molecule has 0 aromatic heterocycles. The Morgan fingerprint density at radius 1 is 0.333 bits per heavy atom. The van der Waals surface area contributed by atoms with Crippen LogP contribution in [0, 0.1) is 5.92 Å². The number of rotatable bonds is 30. The van der Waals surface area contributed by atoms with Gasteiger partial charge in [-0.1, -0.05) is 181 Å². The summed E-state index contributed by atoms with van der Waals surface area (Å²) in [7, 11) is 7.17. The fourth-order valence-electron chi connectivity index (χ4n) is 6.00. The van der Waals surface area contributed by atoms with Gasteiger partial charge in [0.25, 0.3) is 0 Å². The van der Waals surface area contributed by atoms with E-state index < -0.39 is 0 Å². The lowest BCUT2D eigenvalue weighted by Gasteiger charge is -2.29. The van der Waals surface area contributed by atoms with Crippen molar-refractivity contribution in [1.82, 2.24) is 0 Å². The largest absolute Gasteiger partial charge is 0.331 e. The van der Waals surface area contributed by atoms with Crippen LogP contribution in [0.3, 0.4) is 0 Å². The van der Waals surface area contributed by atoms with E-state index in [2.05, 4.69) is 35.0 Å². The van der Waals surface area contributed by atoms with Gasteiger partial charge in [-0.15, -0.1) is 0 Å². The van der Waals surface area contributed by atoms with Crippen molar-refractivity contribution >= 4 is 0 Å². The molecule has 218 valence electrons. The highest BCUT2D eigenvalue weighted by Crippen LogP contribution is 2.22. The van der Waals surface area contributed by atoms with Crippen LogP contribution in [0.1, 0.15) is 194 Å². The fourth-order valence-corrected chi connectivity index (χ4v) is 6.00. The van der Waals surface area contributed by atoms with Crippen molar-refractivity contribution in [2.45, 2.75) is 194 Å². The lowest BCUT2D eigenvalue weighted by Crippen LogP contribution is -2.39. The topological polar surface area (TPSA) is 0 Å². The first-order chi connectivity index (χ1) is 17.5. The zero-order valence-electron chi connectivity index (χ0n) is 26.5. The Bertz CT molecular complexity index is 396. The standard InChI is InChI=1S/C35H74N/c1-6-8-10-12-14-16-18-20-21-23-25-27-29-31-33-35(34-36(3,4)5)32-30-28-26-24-22-19-17-15-13-11-9-7-2/h35H,6-34H2,1-5H3/q+1. The van der Waals surface area contributed by atoms with Crippen molar-refractivity contribution < 1.29 is 4.48 Å². The van der Waals surface area contributed by atoms with Gasteiger partial charge in [0.1, 0.15) is 0 Å². The molecule has 0 rings (SSSR count). The van der Waals surface area contributed by atoms with Gasteiger partial charge >= 0.3 is 0 Å². The molecule has 0 radical (unpaired) electrons. The molecular formula is C35H74N+. The maximum atomic E-state index is 2.39. The van der Waals surface area contributed by atoms with E-state index in [1.165, 1.54) is 186 Å². The number of hydrogen-bond acceptors (Lipinski definition) is 0. The maximum Gasteiger partial charge on any atom is 0.0809 e. The van der Waals surface area contributed by atoms with Gasteiger partial charge in [0, 0.05) is 5.92 Å². The summed E-state index contributed by atoms with van der Waals surface area (Å²) in [5, 5.41) is 0. The minimum absolute atomic E-state index is 0.949. The minimum atomic E-state index is 0.949. The van der Waals surface area contributed by atoms with Crippen LogP contribution in [-0.4, -0.2) is 32.2 Å². The highest BCUT2D eigenvalue weighted by atomic mass is 15.3. The van der Waals surface area contributed by atoms with Gasteiger partial charge in [0.15, 0.2) is 0 Å². The van der Waals surface area contributed by atoms with Gasteiger partial charge in [0.2, 0.25) is 0 Å². The molecule has 0 saturated heterocycles. The van der Waals surface area contributed by atoms with E-state index in [1.807, 2.05) is 0 Å². The van der Waals surface area contributed by atoms with E-state index in [9.17, 15) is 0 Å². The normalized spacial score (nSPS) is 12.9. The molecule has 0 amide bonds. The summed E-state index contributed by atoms with van der Waals surface area (Å²) in [5.74, 6) is 0.949. The number of quaternary nitrogens is 1. The third-order valence-corrected chi connectivity index (χ3v) is 8.24. The van der Waals surface area contributed by atoms with Crippen molar-refractivity contribution in [1.29, 1.82) is 0 Å². The van der Waals surface area contributed by atoms with Gasteiger partial charge in [-0.25, -0.2) is 0 Å². The molecule has 0 saturated carbocycles. The van der Waals surface area contributed by atoms with E-state index in [0.717, 1.165) is 10.4 Å². The quantitative estimate of drug-likeness (QED) is 0.0668. The molecule has 1 unspecified atom stereocenters. The molecule has 1 heteroatoms. The van der Waals surface area contributed by atoms with Crippen molar-refractivity contribution in [3.05, 3.63) is 0 Å². The third kappa shape index (κ3) is 30.2. The molecule has 0 heterocycles. The second-order valence-corrected chi connectivity index (χ2v) is 13.4. The zero-order chi connectivity index (χ0) is 26.6. The lowest BCUT2D eigenvalue weighted by molar-refractivity contribution is -0.874. The Morgan fingerprint density at radius 3 is 0.778 bits per heavy atom. The van der Waals surface area contributed by atoms with Crippen molar-refractivity contribution in [2.75, 3.05) is 27.7 Å². The third-order valence-electron chi connectivity index (χ3n) is 8.24. The summed E-state index contributed by atoms with van der Waals surface area (Å²) in [6, 6.07) is 0.